The van der Waals surface area contributed by atoms with Gasteiger partial charge in [0.1, 0.15) is 0 Å². The Kier molecular flexibility index (Phi) is 6.81. The first kappa shape index (κ1) is 18.5. The van der Waals surface area contributed by atoms with Gasteiger partial charge < -0.3 is 0 Å². The zero-order chi connectivity index (χ0) is 17.5. The molecule has 0 aromatic heterocycles. The normalized spacial score (nSPS) is 10.5. The molecule has 24 heavy (non-hydrogen) atoms. The molecule has 128 valence electrons. The van der Waals surface area contributed by atoms with Gasteiger partial charge in [-0.3, -0.25) is 0 Å². The van der Waals surface area contributed by atoms with Crippen LogP contribution in [0.5, 0.6) is 11.5 Å². The molecule has 0 spiro atoms. The van der Waals surface area contributed by atoms with E-state index in [4.69, 9.17) is 9.05 Å². The van der Waals surface area contributed by atoms with Crippen LogP contribution in [0, 0.1) is 0 Å². The highest BCUT2D eigenvalue weighted by molar-refractivity contribution is 7.34. The fourth-order valence-corrected chi connectivity index (χ4v) is 3.27. The molecule has 0 aliphatic carbocycles. The molecule has 0 radical (unpaired) electrons. The molecule has 0 N–H and O–H groups in total. The first-order valence-corrected chi connectivity index (χ1v) is 9.77. The molecule has 0 amide bonds. The van der Waals surface area contributed by atoms with Crippen molar-refractivity contribution >= 4 is 8.25 Å². The van der Waals surface area contributed by atoms with E-state index in [0.29, 0.717) is 11.5 Å². The number of rotatable bonds is 8. The molecule has 0 aliphatic rings. The molecule has 0 saturated heterocycles. The maximum absolute atomic E-state index is 12.4. The van der Waals surface area contributed by atoms with Crippen LogP contribution in [0.15, 0.2) is 36.4 Å². The van der Waals surface area contributed by atoms with Crippen molar-refractivity contribution in [3.05, 3.63) is 58.7 Å². The first-order valence-electron chi connectivity index (χ1n) is 8.67. The lowest BCUT2D eigenvalue weighted by atomic mass is 10.1. The molecule has 3 nitrogen and oxygen atoms in total. The minimum Gasteiger partial charge on any atom is -0.222 e. The summed E-state index contributed by atoms with van der Waals surface area (Å²) in [6.07, 6.45) is 3.48. The average Bonchev–Trinajstić information content (AvgIpc) is 2.61. The van der Waals surface area contributed by atoms with Gasteiger partial charge in [-0.05, 0) is 48.9 Å². The smallest absolute Gasteiger partial charge is 0.222 e. The van der Waals surface area contributed by atoms with Gasteiger partial charge in [0.25, 0.3) is 0 Å². The predicted octanol–water partition coefficient (Wildman–Crippen LogP) is 6.05. The van der Waals surface area contributed by atoms with E-state index in [1.54, 1.807) is 0 Å². The number of aryl methyl sites for hydroxylation is 4. The van der Waals surface area contributed by atoms with Crippen LogP contribution < -0.4 is 9.05 Å². The monoisotopic (exact) mass is 345 g/mol. The Bertz CT molecular complexity index is 651. The minimum atomic E-state index is -2.26. The Hall–Kier alpha value is -1.86. The summed E-state index contributed by atoms with van der Waals surface area (Å²) in [6.45, 7) is 8.29. The minimum absolute atomic E-state index is 0.655. The highest BCUT2D eigenvalue weighted by Crippen LogP contribution is 2.35. The van der Waals surface area contributed by atoms with Gasteiger partial charge in [-0.25, -0.2) is 9.05 Å². The second-order valence-corrected chi connectivity index (χ2v) is 6.52. The molecule has 0 unspecified atom stereocenters. The molecule has 2 aromatic carbocycles. The molecule has 0 heterocycles. The standard InChI is InChI=1S/C20H26O3P/c1-5-15-9-11-17(7-3)19(13-15)22-24(21)23-20-14-16(6-2)10-12-18(20)8-4/h9-14H,5-8H2,1-4H3/q+1. The highest BCUT2D eigenvalue weighted by Gasteiger charge is 2.27. The second-order valence-electron chi connectivity index (χ2n) is 5.70. The molecule has 0 bridgehead atoms. The van der Waals surface area contributed by atoms with Gasteiger partial charge in [0, 0.05) is 15.7 Å². The Morgan fingerprint density at radius 3 is 1.46 bits per heavy atom. The molecular formula is C20H26O3P+. The Morgan fingerprint density at radius 1 is 0.708 bits per heavy atom. The quantitative estimate of drug-likeness (QED) is 0.546. The third-order valence-corrected chi connectivity index (χ3v) is 4.88. The van der Waals surface area contributed by atoms with Gasteiger partial charge in [0.15, 0.2) is 11.5 Å². The molecule has 2 aromatic rings. The Labute approximate surface area is 146 Å². The van der Waals surface area contributed by atoms with Gasteiger partial charge in [0.2, 0.25) is 0 Å². The van der Waals surface area contributed by atoms with Gasteiger partial charge in [-0.1, -0.05) is 52.0 Å². The Morgan fingerprint density at radius 2 is 1.12 bits per heavy atom. The molecule has 2 rings (SSSR count). The lowest BCUT2D eigenvalue weighted by Crippen LogP contribution is -1.97. The van der Waals surface area contributed by atoms with Crippen LogP contribution >= 0.6 is 8.25 Å². The number of hydrogen-bond donors (Lipinski definition) is 0. The van der Waals surface area contributed by atoms with E-state index in [1.165, 1.54) is 0 Å². The van der Waals surface area contributed by atoms with Crippen molar-refractivity contribution in [1.29, 1.82) is 0 Å². The van der Waals surface area contributed by atoms with Crippen LogP contribution in [0.1, 0.15) is 49.9 Å². The summed E-state index contributed by atoms with van der Waals surface area (Å²) in [5.74, 6) is 1.31. The first-order chi connectivity index (χ1) is 11.6. The van der Waals surface area contributed by atoms with E-state index in [9.17, 15) is 4.57 Å². The van der Waals surface area contributed by atoms with Crippen molar-refractivity contribution in [3.63, 3.8) is 0 Å². The van der Waals surface area contributed by atoms with Crippen molar-refractivity contribution in [1.82, 2.24) is 0 Å². The van der Waals surface area contributed by atoms with Gasteiger partial charge in [-0.15, -0.1) is 0 Å². The zero-order valence-corrected chi connectivity index (χ0v) is 15.9. The van der Waals surface area contributed by atoms with Crippen LogP contribution in [0.2, 0.25) is 0 Å². The van der Waals surface area contributed by atoms with Crippen LogP contribution in [0.3, 0.4) is 0 Å². The van der Waals surface area contributed by atoms with E-state index in [0.717, 1.165) is 47.9 Å². The van der Waals surface area contributed by atoms with Gasteiger partial charge >= 0.3 is 8.25 Å². The summed E-state index contributed by atoms with van der Waals surface area (Å²) < 4.78 is 23.7. The van der Waals surface area contributed by atoms with Gasteiger partial charge in [-0.2, -0.15) is 0 Å². The Balaban J connectivity index is 2.19. The fourth-order valence-electron chi connectivity index (χ4n) is 2.57. The maximum Gasteiger partial charge on any atom is 0.805 e. The van der Waals surface area contributed by atoms with Crippen LogP contribution in [0.4, 0.5) is 0 Å². The maximum atomic E-state index is 12.4. The molecule has 0 atom stereocenters. The van der Waals surface area contributed by atoms with Crippen LogP contribution in [-0.2, 0) is 30.2 Å². The summed E-state index contributed by atoms with van der Waals surface area (Å²) >= 11 is 0. The summed E-state index contributed by atoms with van der Waals surface area (Å²) in [7, 11) is -2.26. The molecule has 0 saturated carbocycles. The van der Waals surface area contributed by atoms with E-state index in [1.807, 2.05) is 24.3 Å². The van der Waals surface area contributed by atoms with Crippen molar-refractivity contribution in [2.45, 2.75) is 53.4 Å². The van der Waals surface area contributed by atoms with Crippen LogP contribution in [-0.4, -0.2) is 0 Å². The number of benzene rings is 2. The fraction of sp³-hybridized carbons (Fsp3) is 0.400. The van der Waals surface area contributed by atoms with Crippen molar-refractivity contribution in [2.24, 2.45) is 0 Å². The zero-order valence-electron chi connectivity index (χ0n) is 15.0. The third kappa shape index (κ3) is 4.58. The molecule has 0 fully saturated rings. The van der Waals surface area contributed by atoms with Crippen molar-refractivity contribution in [2.75, 3.05) is 0 Å². The topological polar surface area (TPSA) is 35.5 Å². The lowest BCUT2D eigenvalue weighted by molar-refractivity contribution is 0.412. The second kappa shape index (κ2) is 8.84. The molecular weight excluding hydrogens is 319 g/mol. The SMILES string of the molecule is CCc1ccc(CC)c(O[P+](=O)Oc2cc(CC)ccc2CC)c1. The third-order valence-electron chi connectivity index (χ3n) is 4.19. The largest absolute Gasteiger partial charge is 0.805 e. The number of hydrogen-bond acceptors (Lipinski definition) is 3. The summed E-state index contributed by atoms with van der Waals surface area (Å²) in [5.41, 5.74) is 4.40. The van der Waals surface area contributed by atoms with Crippen molar-refractivity contribution < 1.29 is 13.6 Å². The summed E-state index contributed by atoms with van der Waals surface area (Å²) in [5, 5.41) is 0. The summed E-state index contributed by atoms with van der Waals surface area (Å²) in [6, 6.07) is 12.1. The molecule has 0 aliphatic heterocycles. The van der Waals surface area contributed by atoms with Crippen molar-refractivity contribution in [3.8, 4) is 11.5 Å². The highest BCUT2D eigenvalue weighted by atomic mass is 31.1. The summed E-state index contributed by atoms with van der Waals surface area (Å²) in [4.78, 5) is 0. The lowest BCUT2D eigenvalue weighted by Gasteiger charge is -2.06. The van der Waals surface area contributed by atoms with E-state index >= 15 is 0 Å². The average molecular weight is 345 g/mol. The molecule has 4 heteroatoms. The van der Waals surface area contributed by atoms with E-state index in [-0.39, 0.29) is 0 Å². The van der Waals surface area contributed by atoms with E-state index in [2.05, 4.69) is 39.8 Å². The predicted molar refractivity (Wildman–Crippen MR) is 99.3 cm³/mol. The van der Waals surface area contributed by atoms with Gasteiger partial charge in [0.05, 0.1) is 0 Å². The van der Waals surface area contributed by atoms with E-state index < -0.39 is 8.25 Å². The van der Waals surface area contributed by atoms with Crippen LogP contribution in [0.25, 0.3) is 0 Å².